The van der Waals surface area contributed by atoms with Gasteiger partial charge in [-0.15, -0.1) is 0 Å². The standard InChI is InChI=1S/C39H42O10/c1-3-39(47)31(20-40)49-38(35(43)36(39)44)48-30-19-26(37(45)46)17-25-15-21(2)32(34(42)33(25)30)29(41)18-24-14-13-23(16-22-9-5-4-6-10-22)27-11-7-8-12-28(24)27/h4-12,15,17,19,23-24,31,35-36,38,40,42-44,47H,3,13-14,16,18,20H2,1-2H3,(H,45,46)/t23-,24+,31+,35+,36+,38+,39+/m0/s1. The van der Waals surface area contributed by atoms with E-state index in [4.69, 9.17) is 9.47 Å². The van der Waals surface area contributed by atoms with Crippen molar-refractivity contribution < 1.29 is 49.7 Å². The molecule has 1 saturated heterocycles. The first kappa shape index (κ1) is 34.5. The third-order valence-electron chi connectivity index (χ3n) is 10.3. The van der Waals surface area contributed by atoms with E-state index in [1.165, 1.54) is 17.2 Å². The fourth-order valence-corrected chi connectivity index (χ4v) is 7.66. The minimum absolute atomic E-state index is 0.0214. The number of carbonyl (C=O) groups is 2. The summed E-state index contributed by atoms with van der Waals surface area (Å²) in [5, 5.41) is 64.3. The van der Waals surface area contributed by atoms with E-state index in [0.717, 1.165) is 30.9 Å². The van der Waals surface area contributed by atoms with Crippen LogP contribution >= 0.6 is 0 Å². The molecule has 0 radical (unpaired) electrons. The summed E-state index contributed by atoms with van der Waals surface area (Å²) in [6.45, 7) is 2.53. The molecule has 2 aliphatic rings. The van der Waals surface area contributed by atoms with Crippen molar-refractivity contribution in [1.82, 2.24) is 0 Å². The zero-order chi connectivity index (χ0) is 35.0. The van der Waals surface area contributed by atoms with Crippen LogP contribution in [0.4, 0.5) is 0 Å². The molecule has 0 bridgehead atoms. The van der Waals surface area contributed by atoms with Gasteiger partial charge in [-0.3, -0.25) is 4.79 Å². The van der Waals surface area contributed by atoms with E-state index in [0.29, 0.717) is 11.5 Å². The summed E-state index contributed by atoms with van der Waals surface area (Å²) < 4.78 is 11.6. The highest BCUT2D eigenvalue weighted by Crippen LogP contribution is 2.45. The highest BCUT2D eigenvalue weighted by atomic mass is 16.7. The maximum Gasteiger partial charge on any atom is 0.335 e. The Bertz CT molecular complexity index is 1850. The van der Waals surface area contributed by atoms with E-state index in [2.05, 4.69) is 24.3 Å². The van der Waals surface area contributed by atoms with Crippen molar-refractivity contribution in [3.63, 3.8) is 0 Å². The molecule has 0 unspecified atom stereocenters. The summed E-state index contributed by atoms with van der Waals surface area (Å²) in [6, 6.07) is 22.6. The first-order chi connectivity index (χ1) is 23.5. The molecule has 49 heavy (non-hydrogen) atoms. The van der Waals surface area contributed by atoms with Gasteiger partial charge in [0.15, 0.2) is 5.78 Å². The smallest absolute Gasteiger partial charge is 0.335 e. The molecule has 258 valence electrons. The van der Waals surface area contributed by atoms with Gasteiger partial charge < -0.3 is 40.1 Å². The minimum Gasteiger partial charge on any atom is -0.506 e. The Morgan fingerprint density at radius 2 is 1.61 bits per heavy atom. The lowest BCUT2D eigenvalue weighted by molar-refractivity contribution is -0.313. The molecule has 0 spiro atoms. The van der Waals surface area contributed by atoms with Crippen molar-refractivity contribution in [3.05, 3.63) is 106 Å². The van der Waals surface area contributed by atoms with Crippen molar-refractivity contribution in [2.75, 3.05) is 6.61 Å². The quantitative estimate of drug-likeness (QED) is 0.126. The number of carbonyl (C=O) groups excluding carboxylic acids is 1. The van der Waals surface area contributed by atoms with E-state index >= 15 is 0 Å². The summed E-state index contributed by atoms with van der Waals surface area (Å²) in [6.07, 6.45) is -3.89. The van der Waals surface area contributed by atoms with Gasteiger partial charge in [0.2, 0.25) is 6.29 Å². The van der Waals surface area contributed by atoms with Crippen molar-refractivity contribution in [2.45, 2.75) is 88.0 Å². The summed E-state index contributed by atoms with van der Waals surface area (Å²) in [5.74, 6) is -1.96. The Morgan fingerprint density at radius 1 is 0.959 bits per heavy atom. The fraction of sp³-hybridized carbons (Fsp3) is 0.385. The predicted octanol–water partition coefficient (Wildman–Crippen LogP) is 4.99. The minimum atomic E-state index is -1.98. The van der Waals surface area contributed by atoms with E-state index in [1.807, 2.05) is 30.3 Å². The van der Waals surface area contributed by atoms with Crippen molar-refractivity contribution >= 4 is 22.5 Å². The van der Waals surface area contributed by atoms with Gasteiger partial charge in [-0.25, -0.2) is 4.79 Å². The normalized spacial score (nSPS) is 26.7. The third kappa shape index (κ3) is 6.42. The molecule has 1 fully saturated rings. The Balaban J connectivity index is 1.34. The lowest BCUT2D eigenvalue weighted by Gasteiger charge is -2.47. The van der Waals surface area contributed by atoms with Crippen LogP contribution < -0.4 is 4.74 Å². The molecule has 0 saturated carbocycles. The van der Waals surface area contributed by atoms with Gasteiger partial charge >= 0.3 is 5.97 Å². The Kier molecular flexibility index (Phi) is 9.79. The van der Waals surface area contributed by atoms with E-state index in [-0.39, 0.29) is 52.2 Å². The molecule has 0 aromatic heterocycles. The average molecular weight is 671 g/mol. The molecule has 1 aliphatic carbocycles. The lowest BCUT2D eigenvalue weighted by atomic mass is 9.72. The molecule has 1 heterocycles. The van der Waals surface area contributed by atoms with Crippen molar-refractivity contribution in [3.8, 4) is 11.5 Å². The largest absolute Gasteiger partial charge is 0.506 e. The topological polar surface area (TPSA) is 174 Å². The number of aliphatic hydroxyl groups excluding tert-OH is 3. The van der Waals surface area contributed by atoms with Crippen LogP contribution in [0.2, 0.25) is 0 Å². The van der Waals surface area contributed by atoms with Crippen LogP contribution in [0.3, 0.4) is 0 Å². The number of carboxylic acids is 1. The maximum absolute atomic E-state index is 14.1. The number of benzene rings is 4. The number of aliphatic hydroxyl groups is 4. The molecule has 10 heteroatoms. The summed E-state index contributed by atoms with van der Waals surface area (Å²) >= 11 is 0. The number of carboxylic acid groups (broad SMARTS) is 1. The number of aryl methyl sites for hydroxylation is 1. The molecule has 6 N–H and O–H groups in total. The second-order valence-electron chi connectivity index (χ2n) is 13.3. The number of rotatable bonds is 10. The number of hydrogen-bond donors (Lipinski definition) is 6. The summed E-state index contributed by atoms with van der Waals surface area (Å²) in [5.41, 5.74) is 1.94. The molecule has 10 nitrogen and oxygen atoms in total. The monoisotopic (exact) mass is 670 g/mol. The summed E-state index contributed by atoms with van der Waals surface area (Å²) in [4.78, 5) is 26.2. The Morgan fingerprint density at radius 3 is 2.27 bits per heavy atom. The molecular weight excluding hydrogens is 628 g/mol. The van der Waals surface area contributed by atoms with Gasteiger partial charge in [-0.2, -0.15) is 0 Å². The average Bonchev–Trinajstić information content (AvgIpc) is 3.09. The van der Waals surface area contributed by atoms with Gasteiger partial charge in [-0.05, 0) is 84.2 Å². The zero-order valence-corrected chi connectivity index (χ0v) is 27.5. The first-order valence-electron chi connectivity index (χ1n) is 16.7. The lowest BCUT2D eigenvalue weighted by Crippen LogP contribution is -2.67. The van der Waals surface area contributed by atoms with Crippen molar-refractivity contribution in [1.29, 1.82) is 0 Å². The number of ether oxygens (including phenoxy) is 2. The number of aromatic hydroxyl groups is 1. The number of aromatic carboxylic acids is 1. The van der Waals surface area contributed by atoms with E-state index in [9.17, 15) is 40.2 Å². The number of Topliss-reactive ketones (excluding diaryl/α,β-unsaturated/α-hetero) is 1. The Hall–Kier alpha value is -4.32. The van der Waals surface area contributed by atoms with Gasteiger partial charge in [0.25, 0.3) is 0 Å². The van der Waals surface area contributed by atoms with E-state index < -0.39 is 48.5 Å². The van der Waals surface area contributed by atoms with Gasteiger partial charge in [0, 0.05) is 6.42 Å². The van der Waals surface area contributed by atoms with Gasteiger partial charge in [0.1, 0.15) is 35.4 Å². The Labute approximate surface area is 284 Å². The second-order valence-corrected chi connectivity index (χ2v) is 13.3. The predicted molar refractivity (Wildman–Crippen MR) is 181 cm³/mol. The maximum atomic E-state index is 14.1. The first-order valence-corrected chi connectivity index (χ1v) is 16.7. The second kappa shape index (κ2) is 13.9. The molecule has 7 atom stereocenters. The summed E-state index contributed by atoms with van der Waals surface area (Å²) in [7, 11) is 0. The SMILES string of the molecule is CC[C@]1(O)[C@H](O)[C@@H](O)[C@H](Oc2cc(C(=O)O)cc3cc(C)c(C(=O)C[C@H]4CC[C@@H](Cc5ccccc5)c5ccccc54)c(O)c23)O[C@@H]1CO. The number of hydrogen-bond acceptors (Lipinski definition) is 9. The number of ketones is 1. The molecule has 0 amide bonds. The highest BCUT2D eigenvalue weighted by molar-refractivity contribution is 6.09. The van der Waals surface area contributed by atoms with Gasteiger partial charge in [0.05, 0.1) is 23.1 Å². The van der Waals surface area contributed by atoms with Crippen LogP contribution in [-0.4, -0.2) is 79.2 Å². The molecule has 1 aliphatic heterocycles. The zero-order valence-electron chi connectivity index (χ0n) is 27.5. The molecular formula is C39H42O10. The van der Waals surface area contributed by atoms with Crippen LogP contribution in [0.1, 0.15) is 87.4 Å². The third-order valence-corrected chi connectivity index (χ3v) is 10.3. The van der Waals surface area contributed by atoms with Crippen LogP contribution in [0.5, 0.6) is 11.5 Å². The van der Waals surface area contributed by atoms with Crippen LogP contribution in [0.25, 0.3) is 10.8 Å². The molecule has 4 aromatic carbocycles. The molecule has 6 rings (SSSR count). The highest BCUT2D eigenvalue weighted by Gasteiger charge is 2.54. The number of phenols is 1. The van der Waals surface area contributed by atoms with E-state index in [1.54, 1.807) is 19.9 Å². The number of phenolic OH excluding ortho intramolecular Hbond substituents is 1. The van der Waals surface area contributed by atoms with Crippen LogP contribution in [-0.2, 0) is 11.2 Å². The van der Waals surface area contributed by atoms with Crippen molar-refractivity contribution in [2.24, 2.45) is 0 Å². The van der Waals surface area contributed by atoms with Crippen LogP contribution in [0, 0.1) is 6.92 Å². The molecule has 4 aromatic rings. The fourth-order valence-electron chi connectivity index (χ4n) is 7.66. The number of fused-ring (bicyclic) bond motifs is 2. The van der Waals surface area contributed by atoms with Crippen LogP contribution in [0.15, 0.2) is 72.8 Å². The van der Waals surface area contributed by atoms with Gasteiger partial charge in [-0.1, -0.05) is 67.6 Å².